The molecule has 0 aliphatic heterocycles. The van der Waals surface area contributed by atoms with E-state index in [9.17, 15) is 19.2 Å². The number of urea groups is 1. The highest BCUT2D eigenvalue weighted by Gasteiger charge is 2.30. The molecule has 4 rings (SSSR count). The highest BCUT2D eigenvalue weighted by Crippen LogP contribution is 2.20. The molecule has 4 aromatic rings. The van der Waals surface area contributed by atoms with Gasteiger partial charge in [-0.3, -0.25) is 14.6 Å². The van der Waals surface area contributed by atoms with Gasteiger partial charge in [0.2, 0.25) is 5.91 Å². The number of carbonyl (C=O) groups excluding carboxylic acids is 4. The molecule has 0 bridgehead atoms. The highest BCUT2D eigenvalue weighted by molar-refractivity contribution is 7.09. The van der Waals surface area contributed by atoms with Gasteiger partial charge in [0.15, 0.2) is 0 Å². The quantitative estimate of drug-likeness (QED) is 0.0914. The van der Waals surface area contributed by atoms with Crippen molar-refractivity contribution < 1.29 is 28.7 Å². The molecule has 12 nitrogen and oxygen atoms in total. The fraction of sp³-hybridized carbons (Fsp3) is 0.450. The maximum atomic E-state index is 14.1. The van der Waals surface area contributed by atoms with Crippen molar-refractivity contribution in [2.75, 3.05) is 7.05 Å². The minimum atomic E-state index is -1.21. The van der Waals surface area contributed by atoms with Gasteiger partial charge in [-0.25, -0.2) is 14.6 Å². The number of rotatable bonds is 18. The number of amides is 4. The third-order valence-corrected chi connectivity index (χ3v) is 10.2. The number of nitrogens with zero attached hydrogens (tertiary/aromatic N) is 3. The summed E-state index contributed by atoms with van der Waals surface area (Å²) >= 11 is 2.94. The lowest BCUT2D eigenvalue weighted by Crippen LogP contribution is -2.53. The zero-order chi connectivity index (χ0) is 39.1. The fourth-order valence-electron chi connectivity index (χ4n) is 5.60. The lowest BCUT2D eigenvalue weighted by molar-refractivity contribution is -0.156. The van der Waals surface area contributed by atoms with Gasteiger partial charge in [0, 0.05) is 36.6 Å². The molecule has 0 saturated heterocycles. The molecule has 0 saturated carbocycles. The number of esters is 1. The van der Waals surface area contributed by atoms with Crippen LogP contribution in [0.15, 0.2) is 77.8 Å². The Balaban J connectivity index is 1.50. The van der Waals surface area contributed by atoms with Crippen LogP contribution in [-0.2, 0) is 45.1 Å². The van der Waals surface area contributed by atoms with Gasteiger partial charge in [0.05, 0.1) is 34.1 Å². The molecule has 0 spiro atoms. The van der Waals surface area contributed by atoms with E-state index in [-0.39, 0.29) is 31.5 Å². The molecule has 54 heavy (non-hydrogen) atoms. The SMILES string of the molecule is CC(C)c1nc(CN(C)C(=O)N[C@@H](CC(=O)OC(C)(C)C)C(=O)N[C@H](CC[C@H](Cc2ccccc2)NC(=O)OCc2cncs2)Cc2ccccc2)cs1. The van der Waals surface area contributed by atoms with E-state index < -0.39 is 41.7 Å². The lowest BCUT2D eigenvalue weighted by atomic mass is 9.95. The molecule has 3 atom stereocenters. The summed E-state index contributed by atoms with van der Waals surface area (Å²) in [5.41, 5.74) is 3.68. The summed E-state index contributed by atoms with van der Waals surface area (Å²) in [6.07, 6.45) is 2.76. The first-order valence-corrected chi connectivity index (χ1v) is 19.9. The third kappa shape index (κ3) is 14.9. The lowest BCUT2D eigenvalue weighted by Gasteiger charge is -2.27. The van der Waals surface area contributed by atoms with Gasteiger partial charge in [-0.15, -0.1) is 22.7 Å². The van der Waals surface area contributed by atoms with Gasteiger partial charge >= 0.3 is 18.1 Å². The molecule has 2 aromatic heterocycles. The van der Waals surface area contributed by atoms with Gasteiger partial charge in [-0.1, -0.05) is 74.5 Å². The molecule has 0 radical (unpaired) electrons. The van der Waals surface area contributed by atoms with Crippen molar-refractivity contribution in [3.8, 4) is 0 Å². The van der Waals surface area contributed by atoms with Crippen molar-refractivity contribution in [1.29, 1.82) is 0 Å². The normalized spacial score (nSPS) is 13.0. The molecule has 0 aliphatic carbocycles. The second kappa shape index (κ2) is 20.6. The van der Waals surface area contributed by atoms with Crippen LogP contribution in [0, 0.1) is 0 Å². The van der Waals surface area contributed by atoms with E-state index in [2.05, 4.69) is 39.8 Å². The number of nitrogens with one attached hydrogen (secondary N) is 3. The van der Waals surface area contributed by atoms with Crippen LogP contribution in [-0.4, -0.2) is 69.6 Å². The van der Waals surface area contributed by atoms with Gasteiger partial charge < -0.3 is 30.3 Å². The minimum absolute atomic E-state index is 0.115. The first kappa shape index (κ1) is 41.9. The van der Waals surface area contributed by atoms with E-state index in [1.165, 1.54) is 27.6 Å². The number of hydrogen-bond donors (Lipinski definition) is 3. The van der Waals surface area contributed by atoms with Crippen molar-refractivity contribution in [3.05, 3.63) is 104 Å². The van der Waals surface area contributed by atoms with Crippen LogP contribution in [0.5, 0.6) is 0 Å². The Labute approximate surface area is 326 Å². The van der Waals surface area contributed by atoms with E-state index in [0.717, 1.165) is 26.7 Å². The fourth-order valence-corrected chi connectivity index (χ4v) is 6.94. The molecule has 2 aromatic carbocycles. The van der Waals surface area contributed by atoms with E-state index in [4.69, 9.17) is 9.47 Å². The van der Waals surface area contributed by atoms with Crippen molar-refractivity contribution in [1.82, 2.24) is 30.8 Å². The predicted molar refractivity (Wildman–Crippen MR) is 211 cm³/mol. The smallest absolute Gasteiger partial charge is 0.407 e. The van der Waals surface area contributed by atoms with E-state index in [1.54, 1.807) is 39.5 Å². The molecule has 3 N–H and O–H groups in total. The van der Waals surface area contributed by atoms with Crippen LogP contribution in [0.3, 0.4) is 0 Å². The Hall–Kier alpha value is -4.82. The first-order chi connectivity index (χ1) is 25.7. The van der Waals surface area contributed by atoms with Crippen LogP contribution in [0.2, 0.25) is 0 Å². The molecular formula is C40H52N6O6S2. The largest absolute Gasteiger partial charge is 0.460 e. The molecular weight excluding hydrogens is 725 g/mol. The van der Waals surface area contributed by atoms with Gasteiger partial charge in [-0.2, -0.15) is 0 Å². The summed E-state index contributed by atoms with van der Waals surface area (Å²) in [5, 5.41) is 11.8. The van der Waals surface area contributed by atoms with Crippen LogP contribution in [0.25, 0.3) is 0 Å². The zero-order valence-corrected chi connectivity index (χ0v) is 33.5. The topological polar surface area (TPSA) is 152 Å². The summed E-state index contributed by atoms with van der Waals surface area (Å²) in [5.74, 6) is -0.868. The Kier molecular flexibility index (Phi) is 16.0. The average Bonchev–Trinajstić information content (AvgIpc) is 3.82. The summed E-state index contributed by atoms with van der Waals surface area (Å²) in [6, 6.07) is 17.1. The number of carbonyl (C=O) groups is 4. The minimum Gasteiger partial charge on any atom is -0.460 e. The summed E-state index contributed by atoms with van der Waals surface area (Å²) < 4.78 is 11.0. The number of thiazole rings is 2. The van der Waals surface area contributed by atoms with E-state index in [1.807, 2.05) is 66.0 Å². The van der Waals surface area contributed by atoms with E-state index in [0.29, 0.717) is 25.7 Å². The number of alkyl carbamates (subject to hydrolysis) is 1. The van der Waals surface area contributed by atoms with Gasteiger partial charge in [0.25, 0.3) is 0 Å². The molecule has 0 unspecified atom stereocenters. The number of ether oxygens (including phenoxy) is 2. The Morgan fingerprint density at radius 1 is 0.852 bits per heavy atom. The van der Waals surface area contributed by atoms with Crippen LogP contribution >= 0.6 is 22.7 Å². The molecule has 290 valence electrons. The highest BCUT2D eigenvalue weighted by atomic mass is 32.1. The summed E-state index contributed by atoms with van der Waals surface area (Å²) in [4.78, 5) is 64.5. The maximum Gasteiger partial charge on any atom is 0.407 e. The van der Waals surface area contributed by atoms with Crippen molar-refractivity contribution in [2.24, 2.45) is 0 Å². The molecule has 0 fully saturated rings. The number of benzene rings is 2. The molecule has 4 amide bonds. The van der Waals surface area contributed by atoms with Crippen molar-refractivity contribution >= 4 is 46.7 Å². The summed E-state index contributed by atoms with van der Waals surface area (Å²) in [7, 11) is 1.62. The molecule has 14 heteroatoms. The predicted octanol–water partition coefficient (Wildman–Crippen LogP) is 7.01. The van der Waals surface area contributed by atoms with Crippen LogP contribution in [0.4, 0.5) is 9.59 Å². The second-order valence-electron chi connectivity index (χ2n) is 14.5. The average molecular weight is 777 g/mol. The Morgan fingerprint density at radius 3 is 2.00 bits per heavy atom. The second-order valence-corrected chi connectivity index (χ2v) is 16.4. The van der Waals surface area contributed by atoms with Gasteiger partial charge in [0.1, 0.15) is 18.2 Å². The Morgan fingerprint density at radius 2 is 1.46 bits per heavy atom. The monoisotopic (exact) mass is 776 g/mol. The number of aromatic nitrogens is 2. The van der Waals surface area contributed by atoms with Crippen LogP contribution in [0.1, 0.15) is 86.5 Å². The third-order valence-electron chi connectivity index (χ3n) is 8.23. The summed E-state index contributed by atoms with van der Waals surface area (Å²) in [6.45, 7) is 9.70. The standard InChI is InChI=1S/C40H52N6O6S2/c1-27(2)37-43-32(25-53-37)23-46(6)38(49)45-34(21-35(47)52-40(3,4)5)36(48)42-30(19-28-13-9-7-10-14-28)17-18-31(20-29-15-11-8-12-16-29)44-39(50)51-24-33-22-41-26-54-33/h7-16,22,25-27,30-31,34H,17-21,23-24H2,1-6H3,(H,42,48)(H,44,50)(H,45,49)/t30-,31-,34+/m1/s1. The molecule has 2 heterocycles. The van der Waals surface area contributed by atoms with Gasteiger partial charge in [-0.05, 0) is 57.6 Å². The van der Waals surface area contributed by atoms with Crippen molar-refractivity contribution in [2.45, 2.75) is 110 Å². The first-order valence-electron chi connectivity index (χ1n) is 18.1. The van der Waals surface area contributed by atoms with E-state index >= 15 is 0 Å². The number of hydrogen-bond acceptors (Lipinski definition) is 10. The Bertz CT molecular complexity index is 1760. The molecule has 0 aliphatic rings. The maximum absolute atomic E-state index is 14.1. The van der Waals surface area contributed by atoms with Crippen molar-refractivity contribution in [3.63, 3.8) is 0 Å². The van der Waals surface area contributed by atoms with Crippen LogP contribution < -0.4 is 16.0 Å². The zero-order valence-electron chi connectivity index (χ0n) is 31.9.